The molecular weight excluding hydrogens is 498 g/mol. The lowest BCUT2D eigenvalue weighted by Gasteiger charge is -2.32. The highest BCUT2D eigenvalue weighted by molar-refractivity contribution is 7.92. The summed E-state index contributed by atoms with van der Waals surface area (Å²) in [6.45, 7) is 9.70. The van der Waals surface area contributed by atoms with Gasteiger partial charge in [-0.3, -0.25) is 13.9 Å². The van der Waals surface area contributed by atoms with Gasteiger partial charge in [-0.25, -0.2) is 8.42 Å². The maximum absolute atomic E-state index is 13.9. The summed E-state index contributed by atoms with van der Waals surface area (Å²) in [4.78, 5) is 28.4. The lowest BCUT2D eigenvalue weighted by Crippen LogP contribution is -2.51. The van der Waals surface area contributed by atoms with Gasteiger partial charge in [-0.15, -0.1) is 0 Å². The van der Waals surface area contributed by atoms with Gasteiger partial charge in [-0.1, -0.05) is 68.4 Å². The van der Waals surface area contributed by atoms with Crippen molar-refractivity contribution in [2.24, 2.45) is 5.92 Å². The first-order valence-electron chi connectivity index (χ1n) is 12.8. The predicted octanol–water partition coefficient (Wildman–Crippen LogP) is 4.69. The van der Waals surface area contributed by atoms with E-state index in [0.717, 1.165) is 21.0 Å². The molecule has 0 aliphatic carbocycles. The van der Waals surface area contributed by atoms with E-state index in [1.54, 1.807) is 37.3 Å². The summed E-state index contributed by atoms with van der Waals surface area (Å²) >= 11 is 0. The van der Waals surface area contributed by atoms with Crippen molar-refractivity contribution in [3.8, 4) is 0 Å². The number of nitrogens with zero attached hydrogens (tertiary/aromatic N) is 2. The van der Waals surface area contributed by atoms with Gasteiger partial charge in [0.2, 0.25) is 11.8 Å². The van der Waals surface area contributed by atoms with Crippen LogP contribution in [0.2, 0.25) is 0 Å². The van der Waals surface area contributed by atoms with E-state index in [9.17, 15) is 18.0 Å². The third-order valence-corrected chi connectivity index (χ3v) is 8.22. The Bertz CT molecular complexity index is 1340. The Morgan fingerprint density at radius 3 is 2.03 bits per heavy atom. The van der Waals surface area contributed by atoms with E-state index in [2.05, 4.69) is 5.32 Å². The van der Waals surface area contributed by atoms with Crippen LogP contribution in [0.3, 0.4) is 0 Å². The third-order valence-electron chi connectivity index (χ3n) is 6.44. The Morgan fingerprint density at radius 1 is 0.842 bits per heavy atom. The molecule has 3 aromatic carbocycles. The molecule has 1 N–H and O–H groups in total. The normalized spacial score (nSPS) is 12.2. The smallest absolute Gasteiger partial charge is 0.264 e. The number of benzene rings is 3. The first-order valence-corrected chi connectivity index (χ1v) is 14.2. The van der Waals surface area contributed by atoms with E-state index in [-0.39, 0.29) is 23.3 Å². The fourth-order valence-corrected chi connectivity index (χ4v) is 5.37. The Morgan fingerprint density at radius 2 is 1.45 bits per heavy atom. The SMILES string of the molecule is Cc1ccc(N(CC(=O)N(Cc2ccccc2)[C@@H](C)C(=O)NCC(C)C)S(=O)(=O)c2ccccc2)cc1C. The van der Waals surface area contributed by atoms with E-state index >= 15 is 0 Å². The van der Waals surface area contributed by atoms with E-state index < -0.39 is 28.5 Å². The Labute approximate surface area is 226 Å². The number of nitrogens with one attached hydrogen (secondary N) is 1. The molecule has 1 atom stereocenters. The zero-order chi connectivity index (χ0) is 27.9. The number of aryl methyl sites for hydroxylation is 2. The molecule has 0 saturated carbocycles. The van der Waals surface area contributed by atoms with Crippen molar-refractivity contribution in [3.63, 3.8) is 0 Å². The highest BCUT2D eigenvalue weighted by Crippen LogP contribution is 2.26. The minimum absolute atomic E-state index is 0.0864. The highest BCUT2D eigenvalue weighted by Gasteiger charge is 2.32. The van der Waals surface area contributed by atoms with Crippen molar-refractivity contribution in [1.29, 1.82) is 0 Å². The van der Waals surface area contributed by atoms with Crippen LogP contribution in [0.25, 0.3) is 0 Å². The number of rotatable bonds is 11. The first kappa shape index (κ1) is 28.9. The van der Waals surface area contributed by atoms with Crippen LogP contribution >= 0.6 is 0 Å². The van der Waals surface area contributed by atoms with Crippen LogP contribution < -0.4 is 9.62 Å². The summed E-state index contributed by atoms with van der Waals surface area (Å²) in [5.41, 5.74) is 3.15. The molecule has 0 aliphatic rings. The maximum atomic E-state index is 13.9. The molecule has 38 heavy (non-hydrogen) atoms. The van der Waals surface area contributed by atoms with E-state index in [0.29, 0.717) is 12.2 Å². The molecule has 3 aromatic rings. The number of carbonyl (C=O) groups excluding carboxylic acids is 2. The summed E-state index contributed by atoms with van der Waals surface area (Å²) in [5.74, 6) is -0.508. The lowest BCUT2D eigenvalue weighted by molar-refractivity contribution is -0.139. The Balaban J connectivity index is 2.01. The second-order valence-corrected chi connectivity index (χ2v) is 11.8. The van der Waals surface area contributed by atoms with Gasteiger partial charge in [-0.2, -0.15) is 0 Å². The topological polar surface area (TPSA) is 86.8 Å². The number of carbonyl (C=O) groups is 2. The standard InChI is InChI=1S/C30H37N3O4S/c1-22(2)19-31-30(35)25(5)32(20-26-12-8-6-9-13-26)29(34)21-33(27-17-16-23(3)24(4)18-27)38(36,37)28-14-10-7-11-15-28/h6-18,22,25H,19-21H2,1-5H3,(H,31,35)/t25-/m0/s1. The maximum Gasteiger partial charge on any atom is 0.264 e. The quantitative estimate of drug-likeness (QED) is 0.386. The van der Waals surface area contributed by atoms with Gasteiger partial charge in [0.05, 0.1) is 10.6 Å². The molecule has 202 valence electrons. The number of anilines is 1. The van der Waals surface area contributed by atoms with E-state index in [4.69, 9.17) is 0 Å². The van der Waals surface area contributed by atoms with Crippen LogP contribution in [-0.2, 0) is 26.2 Å². The number of hydrogen-bond donors (Lipinski definition) is 1. The van der Waals surface area contributed by atoms with Gasteiger partial charge in [0, 0.05) is 13.1 Å². The van der Waals surface area contributed by atoms with Gasteiger partial charge in [-0.05, 0) is 67.6 Å². The number of hydrogen-bond acceptors (Lipinski definition) is 4. The molecule has 0 bridgehead atoms. The molecule has 0 saturated heterocycles. The fraction of sp³-hybridized carbons (Fsp3) is 0.333. The summed E-state index contributed by atoms with van der Waals surface area (Å²) in [7, 11) is -4.07. The van der Waals surface area contributed by atoms with Crippen molar-refractivity contribution in [2.75, 3.05) is 17.4 Å². The molecule has 0 aliphatic heterocycles. The average Bonchev–Trinajstić information content (AvgIpc) is 2.91. The van der Waals surface area contributed by atoms with Gasteiger partial charge in [0.15, 0.2) is 0 Å². The molecule has 0 radical (unpaired) electrons. The van der Waals surface area contributed by atoms with Gasteiger partial charge in [0.1, 0.15) is 12.6 Å². The molecule has 7 nitrogen and oxygen atoms in total. The van der Waals surface area contributed by atoms with Crippen LogP contribution in [-0.4, -0.2) is 44.3 Å². The van der Waals surface area contributed by atoms with Gasteiger partial charge in [0.25, 0.3) is 10.0 Å². The van der Waals surface area contributed by atoms with Crippen LogP contribution in [0.4, 0.5) is 5.69 Å². The van der Waals surface area contributed by atoms with Crippen molar-refractivity contribution in [2.45, 2.75) is 52.1 Å². The molecule has 3 rings (SSSR count). The van der Waals surface area contributed by atoms with Crippen molar-refractivity contribution in [1.82, 2.24) is 10.2 Å². The average molecular weight is 536 g/mol. The summed E-state index contributed by atoms with van der Waals surface area (Å²) in [5, 5.41) is 2.89. The monoisotopic (exact) mass is 535 g/mol. The highest BCUT2D eigenvalue weighted by atomic mass is 32.2. The summed E-state index contributed by atoms with van der Waals surface area (Å²) in [6.07, 6.45) is 0. The minimum atomic E-state index is -4.07. The molecule has 2 amide bonds. The number of amides is 2. The van der Waals surface area contributed by atoms with Crippen LogP contribution in [0, 0.1) is 19.8 Å². The first-order chi connectivity index (χ1) is 18.0. The number of sulfonamides is 1. The Kier molecular flexibility index (Phi) is 9.69. The Hall–Kier alpha value is -3.65. The van der Waals surface area contributed by atoms with Crippen molar-refractivity contribution in [3.05, 3.63) is 95.6 Å². The molecule has 0 heterocycles. The zero-order valence-electron chi connectivity index (χ0n) is 22.7. The lowest BCUT2D eigenvalue weighted by atomic mass is 10.1. The zero-order valence-corrected chi connectivity index (χ0v) is 23.5. The van der Waals surface area contributed by atoms with Crippen molar-refractivity contribution >= 4 is 27.5 Å². The van der Waals surface area contributed by atoms with Gasteiger partial charge >= 0.3 is 0 Å². The third kappa shape index (κ3) is 7.22. The van der Waals surface area contributed by atoms with Crippen LogP contribution in [0.5, 0.6) is 0 Å². The summed E-state index contributed by atoms with van der Waals surface area (Å²) < 4.78 is 28.7. The van der Waals surface area contributed by atoms with Gasteiger partial charge < -0.3 is 10.2 Å². The van der Waals surface area contributed by atoms with E-state index in [1.165, 1.54) is 17.0 Å². The minimum Gasteiger partial charge on any atom is -0.354 e. The molecule has 0 aromatic heterocycles. The van der Waals surface area contributed by atoms with Crippen LogP contribution in [0.15, 0.2) is 83.8 Å². The van der Waals surface area contributed by atoms with E-state index in [1.807, 2.05) is 64.1 Å². The fourth-order valence-electron chi connectivity index (χ4n) is 3.94. The molecule has 0 unspecified atom stereocenters. The largest absolute Gasteiger partial charge is 0.354 e. The predicted molar refractivity (Wildman–Crippen MR) is 151 cm³/mol. The molecule has 8 heteroatoms. The second-order valence-electron chi connectivity index (χ2n) is 9.92. The molecular formula is C30H37N3O4S. The molecule has 0 fully saturated rings. The van der Waals surface area contributed by atoms with Crippen LogP contribution in [0.1, 0.15) is 37.5 Å². The summed E-state index contributed by atoms with van der Waals surface area (Å²) in [6, 6.07) is 21.9. The molecule has 0 spiro atoms. The second kappa shape index (κ2) is 12.7. The van der Waals surface area contributed by atoms with Crippen molar-refractivity contribution < 1.29 is 18.0 Å².